The van der Waals surface area contributed by atoms with Crippen LogP contribution in [0.4, 0.5) is 13.2 Å². The first kappa shape index (κ1) is 18.5. The van der Waals surface area contributed by atoms with Gasteiger partial charge in [-0.2, -0.15) is 0 Å². The number of carbonyl (C=O) groups excluding carboxylic acids is 1. The van der Waals surface area contributed by atoms with Gasteiger partial charge >= 0.3 is 6.36 Å². The standard InChI is InChI=1S/C17H15F3N4O3/c1-2-7-21-16(25)10-8-22-15-14(10)24-13(9-23-15)26-11-5-3-4-6-12(11)27-17(18,19)20/h3-6,8-9H,2,7H2,1H3,(H,21,25)(H,22,23). The van der Waals surface area contributed by atoms with Crippen molar-refractivity contribution in [2.24, 2.45) is 0 Å². The number of nitrogens with one attached hydrogen (secondary N) is 2. The Kier molecular flexibility index (Phi) is 5.15. The van der Waals surface area contributed by atoms with Crippen molar-refractivity contribution in [3.63, 3.8) is 0 Å². The second-order valence-corrected chi connectivity index (χ2v) is 5.46. The number of carbonyl (C=O) groups is 1. The van der Waals surface area contributed by atoms with E-state index in [1.165, 1.54) is 30.6 Å². The highest BCUT2D eigenvalue weighted by molar-refractivity contribution is 6.04. The predicted molar refractivity (Wildman–Crippen MR) is 89.7 cm³/mol. The molecule has 3 rings (SSSR count). The van der Waals surface area contributed by atoms with Gasteiger partial charge in [-0.1, -0.05) is 19.1 Å². The van der Waals surface area contributed by atoms with E-state index < -0.39 is 12.1 Å². The van der Waals surface area contributed by atoms with E-state index in [-0.39, 0.29) is 28.6 Å². The molecule has 0 aliphatic heterocycles. The molecule has 0 bridgehead atoms. The summed E-state index contributed by atoms with van der Waals surface area (Å²) in [5.74, 6) is -1.11. The van der Waals surface area contributed by atoms with Gasteiger partial charge in [-0.3, -0.25) is 4.79 Å². The Bertz CT molecular complexity index is 956. The number of amides is 1. The summed E-state index contributed by atoms with van der Waals surface area (Å²) in [6.07, 6.45) is -1.40. The van der Waals surface area contributed by atoms with E-state index in [1.807, 2.05) is 6.92 Å². The largest absolute Gasteiger partial charge is 0.573 e. The van der Waals surface area contributed by atoms with Gasteiger partial charge in [0, 0.05) is 12.7 Å². The SMILES string of the molecule is CCCNC(=O)c1c[nH]c2ncc(Oc3ccccc3OC(F)(F)F)nc12. The second-order valence-electron chi connectivity index (χ2n) is 5.46. The summed E-state index contributed by atoms with van der Waals surface area (Å²) in [5.41, 5.74) is 0.857. The Morgan fingerprint density at radius 1 is 1.26 bits per heavy atom. The Balaban J connectivity index is 1.89. The summed E-state index contributed by atoms with van der Waals surface area (Å²) in [7, 11) is 0. The van der Waals surface area contributed by atoms with Crippen LogP contribution in [0.15, 0.2) is 36.7 Å². The third-order valence-corrected chi connectivity index (χ3v) is 3.43. The fraction of sp³-hybridized carbons (Fsp3) is 0.235. The third-order valence-electron chi connectivity index (χ3n) is 3.43. The summed E-state index contributed by atoms with van der Waals surface area (Å²) >= 11 is 0. The van der Waals surface area contributed by atoms with E-state index >= 15 is 0 Å². The van der Waals surface area contributed by atoms with Crippen molar-refractivity contribution in [2.45, 2.75) is 19.7 Å². The van der Waals surface area contributed by atoms with Gasteiger partial charge in [0.25, 0.3) is 5.91 Å². The van der Waals surface area contributed by atoms with E-state index in [9.17, 15) is 18.0 Å². The molecule has 142 valence electrons. The van der Waals surface area contributed by atoms with Gasteiger partial charge in [-0.05, 0) is 18.6 Å². The molecule has 10 heteroatoms. The zero-order valence-electron chi connectivity index (χ0n) is 14.1. The maximum Gasteiger partial charge on any atom is 0.573 e. The van der Waals surface area contributed by atoms with Crippen LogP contribution in [-0.4, -0.2) is 33.8 Å². The number of hydrogen-bond acceptors (Lipinski definition) is 5. The molecule has 7 nitrogen and oxygen atoms in total. The van der Waals surface area contributed by atoms with E-state index in [2.05, 4.69) is 25.0 Å². The van der Waals surface area contributed by atoms with Gasteiger partial charge in [0.15, 0.2) is 17.1 Å². The van der Waals surface area contributed by atoms with Gasteiger partial charge < -0.3 is 19.8 Å². The Labute approximate surface area is 151 Å². The molecule has 2 aromatic heterocycles. The molecule has 27 heavy (non-hydrogen) atoms. The van der Waals surface area contributed by atoms with Gasteiger partial charge in [0.1, 0.15) is 5.52 Å². The van der Waals surface area contributed by atoms with Crippen molar-refractivity contribution < 1.29 is 27.4 Å². The first-order valence-corrected chi connectivity index (χ1v) is 8.02. The number of benzene rings is 1. The molecule has 3 aromatic rings. The van der Waals surface area contributed by atoms with Crippen molar-refractivity contribution in [3.05, 3.63) is 42.2 Å². The number of halogens is 3. The molecule has 0 saturated carbocycles. The first-order chi connectivity index (χ1) is 12.9. The van der Waals surface area contributed by atoms with Crippen LogP contribution < -0.4 is 14.8 Å². The lowest BCUT2D eigenvalue weighted by atomic mass is 10.3. The number of rotatable bonds is 6. The second kappa shape index (κ2) is 7.52. The average Bonchev–Trinajstić information content (AvgIpc) is 3.03. The van der Waals surface area contributed by atoms with E-state index in [0.717, 1.165) is 12.5 Å². The van der Waals surface area contributed by atoms with E-state index in [1.54, 1.807) is 0 Å². The van der Waals surface area contributed by atoms with Crippen molar-refractivity contribution in [2.75, 3.05) is 6.54 Å². The predicted octanol–water partition coefficient (Wildman–Crippen LogP) is 3.79. The summed E-state index contributed by atoms with van der Waals surface area (Å²) in [4.78, 5) is 23.3. The molecule has 0 saturated heterocycles. The lowest BCUT2D eigenvalue weighted by Crippen LogP contribution is -2.23. The number of ether oxygens (including phenoxy) is 2. The number of hydrogen-bond donors (Lipinski definition) is 2. The molecule has 0 spiro atoms. The number of alkyl halides is 3. The van der Waals surface area contributed by atoms with Crippen molar-refractivity contribution >= 4 is 17.1 Å². The highest BCUT2D eigenvalue weighted by atomic mass is 19.4. The van der Waals surface area contributed by atoms with Crippen LogP contribution in [0.25, 0.3) is 11.2 Å². The third kappa shape index (κ3) is 4.46. The van der Waals surface area contributed by atoms with Crippen LogP contribution >= 0.6 is 0 Å². The number of para-hydroxylation sites is 2. The van der Waals surface area contributed by atoms with Gasteiger partial charge in [-0.15, -0.1) is 13.2 Å². The molecule has 1 aromatic carbocycles. The van der Waals surface area contributed by atoms with Crippen LogP contribution in [-0.2, 0) is 0 Å². The zero-order valence-corrected chi connectivity index (χ0v) is 14.1. The van der Waals surface area contributed by atoms with Crippen LogP contribution in [0.5, 0.6) is 17.4 Å². The highest BCUT2D eigenvalue weighted by Gasteiger charge is 2.32. The number of aromatic amines is 1. The Morgan fingerprint density at radius 3 is 2.70 bits per heavy atom. The van der Waals surface area contributed by atoms with Gasteiger partial charge in [0.05, 0.1) is 11.8 Å². The van der Waals surface area contributed by atoms with Crippen molar-refractivity contribution in [1.29, 1.82) is 0 Å². The molecule has 0 aliphatic carbocycles. The number of aromatic nitrogens is 3. The fourth-order valence-electron chi connectivity index (χ4n) is 2.29. The molecule has 0 fully saturated rings. The molecule has 0 unspecified atom stereocenters. The monoisotopic (exact) mass is 380 g/mol. The minimum atomic E-state index is -4.86. The van der Waals surface area contributed by atoms with Gasteiger partial charge in [-0.25, -0.2) is 9.97 Å². The molecule has 1 amide bonds. The number of nitrogens with zero attached hydrogens (tertiary/aromatic N) is 2. The maximum absolute atomic E-state index is 12.5. The smallest absolute Gasteiger partial charge is 0.434 e. The lowest BCUT2D eigenvalue weighted by molar-refractivity contribution is -0.275. The number of H-pyrrole nitrogens is 1. The fourth-order valence-corrected chi connectivity index (χ4v) is 2.29. The molecule has 2 N–H and O–H groups in total. The normalized spacial score (nSPS) is 11.4. The molecule has 2 heterocycles. The number of fused-ring (bicyclic) bond motifs is 1. The molecular weight excluding hydrogens is 365 g/mol. The highest BCUT2D eigenvalue weighted by Crippen LogP contribution is 2.34. The zero-order chi connectivity index (χ0) is 19.4. The minimum absolute atomic E-state index is 0.0788. The summed E-state index contributed by atoms with van der Waals surface area (Å²) in [6.45, 7) is 2.42. The summed E-state index contributed by atoms with van der Waals surface area (Å²) in [6, 6.07) is 5.29. The van der Waals surface area contributed by atoms with Crippen molar-refractivity contribution in [1.82, 2.24) is 20.3 Å². The quantitative estimate of drug-likeness (QED) is 0.679. The Hall–Kier alpha value is -3.30. The minimum Gasteiger partial charge on any atom is -0.434 e. The maximum atomic E-state index is 12.5. The average molecular weight is 380 g/mol. The van der Waals surface area contributed by atoms with Crippen LogP contribution in [0.2, 0.25) is 0 Å². The van der Waals surface area contributed by atoms with Crippen LogP contribution in [0.1, 0.15) is 23.7 Å². The summed E-state index contributed by atoms with van der Waals surface area (Å²) < 4.78 is 46.9. The molecule has 0 atom stereocenters. The Morgan fingerprint density at radius 2 is 2.00 bits per heavy atom. The topological polar surface area (TPSA) is 89.1 Å². The molecule has 0 radical (unpaired) electrons. The summed E-state index contributed by atoms with van der Waals surface area (Å²) in [5, 5.41) is 2.72. The lowest BCUT2D eigenvalue weighted by Gasteiger charge is -2.13. The first-order valence-electron chi connectivity index (χ1n) is 8.02. The van der Waals surface area contributed by atoms with E-state index in [0.29, 0.717) is 12.2 Å². The van der Waals surface area contributed by atoms with Crippen molar-refractivity contribution in [3.8, 4) is 17.4 Å². The van der Waals surface area contributed by atoms with Gasteiger partial charge in [0.2, 0.25) is 5.88 Å². The van der Waals surface area contributed by atoms with E-state index in [4.69, 9.17) is 4.74 Å². The molecular formula is C17H15F3N4O3. The van der Waals surface area contributed by atoms with Crippen LogP contribution in [0, 0.1) is 0 Å². The van der Waals surface area contributed by atoms with Crippen LogP contribution in [0.3, 0.4) is 0 Å². The molecule has 0 aliphatic rings.